The van der Waals surface area contributed by atoms with Crippen LogP contribution in [0.4, 0.5) is 5.95 Å². The van der Waals surface area contributed by atoms with Crippen LogP contribution in [0.2, 0.25) is 0 Å². The van der Waals surface area contributed by atoms with Crippen molar-refractivity contribution in [1.82, 2.24) is 14.5 Å². The summed E-state index contributed by atoms with van der Waals surface area (Å²) in [5.74, 6) is -0.299. The number of aromatic nitrogens is 3. The maximum atomic E-state index is 10.7. The van der Waals surface area contributed by atoms with E-state index >= 15 is 0 Å². The summed E-state index contributed by atoms with van der Waals surface area (Å²) in [6.45, 7) is 0. The summed E-state index contributed by atoms with van der Waals surface area (Å²) in [6, 6.07) is 2.85. The fourth-order valence-electron chi connectivity index (χ4n) is 1.19. The van der Waals surface area contributed by atoms with Gasteiger partial charge in [0.05, 0.1) is 5.56 Å². The van der Waals surface area contributed by atoms with Crippen LogP contribution in [0.5, 0.6) is 0 Å². The topological polar surface area (TPSA) is 94.0 Å². The summed E-state index contributed by atoms with van der Waals surface area (Å²) in [5.41, 5.74) is 5.72. The summed E-state index contributed by atoms with van der Waals surface area (Å²) in [4.78, 5) is 18.5. The minimum atomic E-state index is -1.00. The predicted molar refractivity (Wildman–Crippen MR) is 52.7 cm³/mol. The molecule has 2 heterocycles. The van der Waals surface area contributed by atoms with Crippen molar-refractivity contribution < 1.29 is 9.90 Å². The maximum Gasteiger partial charge on any atom is 0.335 e. The van der Waals surface area contributed by atoms with Crippen LogP contribution in [-0.2, 0) is 0 Å². The highest BCUT2D eigenvalue weighted by atomic mass is 16.4. The van der Waals surface area contributed by atoms with Crippen LogP contribution in [-0.4, -0.2) is 25.6 Å². The monoisotopic (exact) mass is 204 g/mol. The van der Waals surface area contributed by atoms with Gasteiger partial charge < -0.3 is 10.8 Å². The van der Waals surface area contributed by atoms with Gasteiger partial charge in [0.25, 0.3) is 0 Å². The molecule has 76 valence electrons. The second kappa shape index (κ2) is 3.41. The van der Waals surface area contributed by atoms with Crippen molar-refractivity contribution in [3.63, 3.8) is 0 Å². The van der Waals surface area contributed by atoms with Crippen molar-refractivity contribution >= 4 is 11.9 Å². The molecule has 0 saturated heterocycles. The van der Waals surface area contributed by atoms with Crippen molar-refractivity contribution in [2.45, 2.75) is 0 Å². The lowest BCUT2D eigenvalue weighted by Crippen LogP contribution is -2.04. The molecule has 3 N–H and O–H groups in total. The van der Waals surface area contributed by atoms with Gasteiger partial charge in [-0.05, 0) is 12.1 Å². The van der Waals surface area contributed by atoms with Crippen LogP contribution in [0.25, 0.3) is 5.82 Å². The van der Waals surface area contributed by atoms with Gasteiger partial charge in [0.2, 0.25) is 5.95 Å². The zero-order valence-corrected chi connectivity index (χ0v) is 7.66. The molecular formula is C9H8N4O2. The van der Waals surface area contributed by atoms with Crippen molar-refractivity contribution in [3.8, 4) is 5.82 Å². The molecular weight excluding hydrogens is 196 g/mol. The lowest BCUT2D eigenvalue weighted by molar-refractivity contribution is 0.0696. The van der Waals surface area contributed by atoms with Gasteiger partial charge in [-0.1, -0.05) is 0 Å². The van der Waals surface area contributed by atoms with E-state index in [0.29, 0.717) is 5.82 Å². The van der Waals surface area contributed by atoms with Gasteiger partial charge in [-0.25, -0.2) is 14.8 Å². The van der Waals surface area contributed by atoms with E-state index in [-0.39, 0.29) is 11.5 Å². The second-order valence-electron chi connectivity index (χ2n) is 2.86. The molecule has 6 heteroatoms. The van der Waals surface area contributed by atoms with Crippen molar-refractivity contribution in [1.29, 1.82) is 0 Å². The van der Waals surface area contributed by atoms with Gasteiger partial charge in [-0.15, -0.1) is 0 Å². The molecule has 0 bridgehead atoms. The van der Waals surface area contributed by atoms with Gasteiger partial charge in [-0.2, -0.15) is 0 Å². The molecule has 0 aliphatic heterocycles. The number of aromatic carboxylic acids is 1. The van der Waals surface area contributed by atoms with Gasteiger partial charge in [0.1, 0.15) is 5.82 Å². The Labute approximate surface area is 85.0 Å². The lowest BCUT2D eigenvalue weighted by Gasteiger charge is -2.03. The molecule has 0 fully saturated rings. The van der Waals surface area contributed by atoms with E-state index in [1.807, 2.05) is 0 Å². The molecule has 0 saturated carbocycles. The van der Waals surface area contributed by atoms with Crippen LogP contribution < -0.4 is 5.73 Å². The Kier molecular flexibility index (Phi) is 2.09. The predicted octanol–water partition coefficient (Wildman–Crippen LogP) is 0.548. The standard InChI is InChI=1S/C9H8N4O2/c10-9-12-3-4-13(9)7-5-6(8(14)15)1-2-11-7/h1-5H,(H2,10,12)(H,14,15). The molecule has 0 amide bonds. The number of imidazole rings is 1. The number of nitrogens with zero attached hydrogens (tertiary/aromatic N) is 3. The molecule has 0 aliphatic carbocycles. The summed E-state index contributed by atoms with van der Waals surface area (Å²) in [5, 5.41) is 8.79. The number of hydrogen-bond donors (Lipinski definition) is 2. The van der Waals surface area contributed by atoms with Gasteiger partial charge in [0, 0.05) is 18.6 Å². The number of pyridine rings is 1. The van der Waals surface area contributed by atoms with Crippen LogP contribution in [0, 0.1) is 0 Å². The zero-order chi connectivity index (χ0) is 10.8. The van der Waals surface area contributed by atoms with E-state index in [9.17, 15) is 4.79 Å². The number of anilines is 1. The van der Waals surface area contributed by atoms with Crippen LogP contribution in [0.1, 0.15) is 10.4 Å². The lowest BCUT2D eigenvalue weighted by atomic mass is 10.2. The number of rotatable bonds is 2. The van der Waals surface area contributed by atoms with E-state index in [4.69, 9.17) is 10.8 Å². The molecule has 6 nitrogen and oxygen atoms in total. The molecule has 15 heavy (non-hydrogen) atoms. The Morgan fingerprint density at radius 1 is 1.40 bits per heavy atom. The number of hydrogen-bond acceptors (Lipinski definition) is 4. The summed E-state index contributed by atoms with van der Waals surface area (Å²) in [7, 11) is 0. The highest BCUT2D eigenvalue weighted by Gasteiger charge is 2.07. The first kappa shape index (κ1) is 9.20. The molecule has 0 radical (unpaired) electrons. The van der Waals surface area contributed by atoms with E-state index in [0.717, 1.165) is 0 Å². The highest BCUT2D eigenvalue weighted by molar-refractivity contribution is 5.87. The first-order valence-electron chi connectivity index (χ1n) is 4.17. The number of carboxylic acid groups (broad SMARTS) is 1. The zero-order valence-electron chi connectivity index (χ0n) is 7.66. The number of carboxylic acids is 1. The van der Waals surface area contributed by atoms with Crippen LogP contribution in [0.3, 0.4) is 0 Å². The minimum absolute atomic E-state index is 0.160. The first-order valence-corrected chi connectivity index (χ1v) is 4.17. The molecule has 2 aromatic heterocycles. The van der Waals surface area contributed by atoms with Crippen LogP contribution in [0.15, 0.2) is 30.7 Å². The molecule has 0 aromatic carbocycles. The average molecular weight is 204 g/mol. The number of nitrogen functional groups attached to an aromatic ring is 1. The van der Waals surface area contributed by atoms with Gasteiger partial charge in [0.15, 0.2) is 0 Å². The average Bonchev–Trinajstić information content (AvgIpc) is 2.64. The fraction of sp³-hybridized carbons (Fsp3) is 0. The molecule has 0 unspecified atom stereocenters. The Bertz CT molecular complexity index is 506. The maximum absolute atomic E-state index is 10.7. The highest BCUT2D eigenvalue weighted by Crippen LogP contribution is 2.10. The number of nitrogens with two attached hydrogens (primary N) is 1. The Balaban J connectivity index is 2.50. The molecule has 0 atom stereocenters. The summed E-state index contributed by atoms with van der Waals surface area (Å²) in [6.07, 6.45) is 4.55. The first-order chi connectivity index (χ1) is 7.18. The minimum Gasteiger partial charge on any atom is -0.478 e. The second-order valence-corrected chi connectivity index (χ2v) is 2.86. The van der Waals surface area contributed by atoms with E-state index < -0.39 is 5.97 Å². The molecule has 0 aliphatic rings. The normalized spacial score (nSPS) is 10.1. The van der Waals surface area contributed by atoms with Gasteiger partial charge in [-0.3, -0.25) is 4.57 Å². The third-order valence-electron chi connectivity index (χ3n) is 1.91. The van der Waals surface area contributed by atoms with E-state index in [1.165, 1.54) is 29.1 Å². The Morgan fingerprint density at radius 2 is 2.20 bits per heavy atom. The molecule has 2 rings (SSSR count). The summed E-state index contributed by atoms with van der Waals surface area (Å²) < 4.78 is 1.51. The molecule has 0 spiro atoms. The third-order valence-corrected chi connectivity index (χ3v) is 1.91. The van der Waals surface area contributed by atoms with Crippen molar-refractivity contribution in [2.24, 2.45) is 0 Å². The quantitative estimate of drug-likeness (QED) is 0.744. The van der Waals surface area contributed by atoms with Crippen LogP contribution >= 0.6 is 0 Å². The summed E-state index contributed by atoms with van der Waals surface area (Å²) >= 11 is 0. The fourth-order valence-corrected chi connectivity index (χ4v) is 1.19. The smallest absolute Gasteiger partial charge is 0.335 e. The SMILES string of the molecule is Nc1nccn1-c1cc(C(=O)O)ccn1. The van der Waals surface area contributed by atoms with Gasteiger partial charge >= 0.3 is 5.97 Å². The van der Waals surface area contributed by atoms with Crippen molar-refractivity contribution in [2.75, 3.05) is 5.73 Å². The van der Waals surface area contributed by atoms with E-state index in [1.54, 1.807) is 6.20 Å². The van der Waals surface area contributed by atoms with E-state index in [2.05, 4.69) is 9.97 Å². The third kappa shape index (κ3) is 1.64. The Morgan fingerprint density at radius 3 is 2.80 bits per heavy atom. The largest absolute Gasteiger partial charge is 0.478 e. The Hall–Kier alpha value is -2.37. The number of carbonyl (C=O) groups is 1. The van der Waals surface area contributed by atoms with Crippen molar-refractivity contribution in [3.05, 3.63) is 36.3 Å². The molecule has 2 aromatic rings.